The van der Waals surface area contributed by atoms with Crippen molar-refractivity contribution in [2.75, 3.05) is 13.7 Å². The highest BCUT2D eigenvalue weighted by molar-refractivity contribution is 14.1. The summed E-state index contributed by atoms with van der Waals surface area (Å²) in [5, 5.41) is 10.2. The smallest absolute Gasteiger partial charge is 0.311 e. The van der Waals surface area contributed by atoms with Crippen LogP contribution in [0.1, 0.15) is 18.1 Å². The Morgan fingerprint density at radius 2 is 2.35 bits per heavy atom. The number of carbonyl (C=O) groups is 1. The first-order chi connectivity index (χ1) is 8.15. The molecule has 2 rings (SSSR count). The van der Waals surface area contributed by atoms with Crippen LogP contribution in [0.5, 0.6) is 5.75 Å². The minimum absolute atomic E-state index is 0.396. The minimum atomic E-state index is -0.866. The molecule has 0 saturated heterocycles. The summed E-state index contributed by atoms with van der Waals surface area (Å²) in [4.78, 5) is 11.6. The Labute approximate surface area is 113 Å². The molecule has 1 aliphatic heterocycles. The normalized spacial score (nSPS) is 23.2. The molecule has 92 valence electrons. The summed E-state index contributed by atoms with van der Waals surface area (Å²) in [6.45, 7) is 0.407. The Morgan fingerprint density at radius 1 is 1.59 bits per heavy atom. The lowest BCUT2D eigenvalue weighted by molar-refractivity contribution is -0.150. The largest absolute Gasteiger partial charge is 0.492 e. The Bertz CT molecular complexity index is 433. The number of carbonyl (C=O) groups excluding carboxylic acids is 1. The van der Waals surface area contributed by atoms with Crippen molar-refractivity contribution in [3.05, 3.63) is 27.3 Å². The number of methoxy groups -OCH3 is 1. The molecule has 1 aliphatic rings. The van der Waals surface area contributed by atoms with Crippen LogP contribution in [-0.2, 0) is 9.53 Å². The maximum Gasteiger partial charge on any atom is 0.311 e. The van der Waals surface area contributed by atoms with Crippen molar-refractivity contribution in [3.63, 3.8) is 0 Å². The summed E-state index contributed by atoms with van der Waals surface area (Å²) in [6, 6.07) is 5.53. The van der Waals surface area contributed by atoms with Gasteiger partial charge in [0.2, 0.25) is 0 Å². The molecule has 0 fully saturated rings. The van der Waals surface area contributed by atoms with Crippen molar-refractivity contribution in [2.45, 2.75) is 12.5 Å². The number of ether oxygens (including phenoxy) is 2. The van der Waals surface area contributed by atoms with Crippen LogP contribution in [0.4, 0.5) is 0 Å². The SMILES string of the molecule is COC(=O)C1CCOc2c(I)cccc2C1O. The highest BCUT2D eigenvalue weighted by atomic mass is 127. The molecule has 17 heavy (non-hydrogen) atoms. The maximum absolute atomic E-state index is 11.6. The Kier molecular flexibility index (Phi) is 3.88. The van der Waals surface area contributed by atoms with Crippen LogP contribution in [0.15, 0.2) is 18.2 Å². The highest BCUT2D eigenvalue weighted by Gasteiger charge is 2.33. The van der Waals surface area contributed by atoms with Gasteiger partial charge in [-0.25, -0.2) is 0 Å². The van der Waals surface area contributed by atoms with E-state index in [0.29, 0.717) is 24.3 Å². The first kappa shape index (κ1) is 12.6. The third kappa shape index (κ3) is 2.40. The summed E-state index contributed by atoms with van der Waals surface area (Å²) < 4.78 is 11.2. The zero-order valence-corrected chi connectivity index (χ0v) is 11.5. The fourth-order valence-corrected chi connectivity index (χ4v) is 2.65. The van der Waals surface area contributed by atoms with Crippen molar-refractivity contribution in [2.24, 2.45) is 5.92 Å². The number of aliphatic hydroxyl groups excluding tert-OH is 1. The average molecular weight is 348 g/mol. The summed E-state index contributed by atoms with van der Waals surface area (Å²) in [6.07, 6.45) is -0.409. The number of fused-ring (bicyclic) bond motifs is 1. The van der Waals surface area contributed by atoms with Crippen molar-refractivity contribution >= 4 is 28.6 Å². The van der Waals surface area contributed by atoms with E-state index in [4.69, 9.17) is 9.47 Å². The Morgan fingerprint density at radius 3 is 3.06 bits per heavy atom. The van der Waals surface area contributed by atoms with Crippen molar-refractivity contribution < 1.29 is 19.4 Å². The second-order valence-corrected chi connectivity index (χ2v) is 5.03. The van der Waals surface area contributed by atoms with Gasteiger partial charge in [-0.05, 0) is 35.1 Å². The van der Waals surface area contributed by atoms with Crippen LogP contribution in [0, 0.1) is 9.49 Å². The van der Waals surface area contributed by atoms with Gasteiger partial charge >= 0.3 is 5.97 Å². The number of para-hydroxylation sites is 1. The Balaban J connectivity index is 2.39. The molecule has 5 heteroatoms. The first-order valence-electron chi connectivity index (χ1n) is 5.32. The van der Waals surface area contributed by atoms with Gasteiger partial charge in [-0.15, -0.1) is 0 Å². The minimum Gasteiger partial charge on any atom is -0.492 e. The van der Waals surface area contributed by atoms with E-state index in [1.54, 1.807) is 6.07 Å². The summed E-state index contributed by atoms with van der Waals surface area (Å²) in [5.74, 6) is -0.278. The summed E-state index contributed by atoms with van der Waals surface area (Å²) >= 11 is 2.15. The topological polar surface area (TPSA) is 55.8 Å². The van der Waals surface area contributed by atoms with Gasteiger partial charge in [0.05, 0.1) is 29.3 Å². The first-order valence-corrected chi connectivity index (χ1v) is 6.40. The zero-order valence-electron chi connectivity index (χ0n) is 9.35. The van der Waals surface area contributed by atoms with Gasteiger partial charge in [-0.1, -0.05) is 12.1 Å². The zero-order chi connectivity index (χ0) is 12.4. The molecule has 4 nitrogen and oxygen atoms in total. The van der Waals surface area contributed by atoms with Gasteiger partial charge in [-0.3, -0.25) is 4.79 Å². The van der Waals surface area contributed by atoms with Crippen LogP contribution in [-0.4, -0.2) is 24.8 Å². The number of aliphatic hydroxyl groups is 1. The number of rotatable bonds is 1. The lowest BCUT2D eigenvalue weighted by atomic mass is 9.93. The molecule has 0 saturated carbocycles. The molecule has 2 unspecified atom stereocenters. The molecule has 1 aromatic rings. The van der Waals surface area contributed by atoms with E-state index in [1.807, 2.05) is 12.1 Å². The molecule has 1 aromatic carbocycles. The van der Waals surface area contributed by atoms with Crippen molar-refractivity contribution in [3.8, 4) is 5.75 Å². The van der Waals surface area contributed by atoms with Crippen LogP contribution in [0.2, 0.25) is 0 Å². The van der Waals surface area contributed by atoms with E-state index in [1.165, 1.54) is 7.11 Å². The third-order valence-electron chi connectivity index (χ3n) is 2.88. The molecule has 0 spiro atoms. The highest BCUT2D eigenvalue weighted by Crippen LogP contribution is 2.38. The second-order valence-electron chi connectivity index (χ2n) is 3.87. The summed E-state index contributed by atoms with van der Waals surface area (Å²) in [5.41, 5.74) is 0.657. The summed E-state index contributed by atoms with van der Waals surface area (Å²) in [7, 11) is 1.33. The molecule has 0 amide bonds. The van der Waals surface area contributed by atoms with Gasteiger partial charge in [0.25, 0.3) is 0 Å². The molecule has 2 atom stereocenters. The van der Waals surface area contributed by atoms with E-state index >= 15 is 0 Å². The molecular weight excluding hydrogens is 335 g/mol. The lowest BCUT2D eigenvalue weighted by Crippen LogP contribution is -2.23. The number of halogens is 1. The molecule has 1 heterocycles. The fraction of sp³-hybridized carbons (Fsp3) is 0.417. The molecule has 0 aromatic heterocycles. The van der Waals surface area contributed by atoms with E-state index in [0.717, 1.165) is 3.57 Å². The van der Waals surface area contributed by atoms with Gasteiger partial charge in [0.15, 0.2) is 0 Å². The predicted octanol–water partition coefficient (Wildman–Crippen LogP) is 1.90. The van der Waals surface area contributed by atoms with E-state index in [2.05, 4.69) is 22.6 Å². The van der Waals surface area contributed by atoms with Gasteiger partial charge in [0, 0.05) is 5.56 Å². The average Bonchev–Trinajstić information content (AvgIpc) is 2.50. The Hall–Kier alpha value is -0.820. The molecule has 0 radical (unpaired) electrons. The van der Waals surface area contributed by atoms with Crippen molar-refractivity contribution in [1.82, 2.24) is 0 Å². The number of hydrogen-bond donors (Lipinski definition) is 1. The maximum atomic E-state index is 11.6. The number of hydrogen-bond acceptors (Lipinski definition) is 4. The predicted molar refractivity (Wildman–Crippen MR) is 69.7 cm³/mol. The van der Waals surface area contributed by atoms with E-state index in [9.17, 15) is 9.90 Å². The lowest BCUT2D eigenvalue weighted by Gasteiger charge is -2.18. The molecule has 0 bridgehead atoms. The molecule has 0 aliphatic carbocycles. The third-order valence-corrected chi connectivity index (χ3v) is 3.73. The van der Waals surface area contributed by atoms with Gasteiger partial charge in [-0.2, -0.15) is 0 Å². The van der Waals surface area contributed by atoms with Crippen LogP contribution in [0.3, 0.4) is 0 Å². The number of benzene rings is 1. The van der Waals surface area contributed by atoms with Crippen molar-refractivity contribution in [1.29, 1.82) is 0 Å². The fourth-order valence-electron chi connectivity index (χ4n) is 1.97. The second kappa shape index (κ2) is 5.22. The van der Waals surface area contributed by atoms with Gasteiger partial charge < -0.3 is 14.6 Å². The quantitative estimate of drug-likeness (QED) is 0.622. The van der Waals surface area contributed by atoms with Gasteiger partial charge in [0.1, 0.15) is 5.75 Å². The van der Waals surface area contributed by atoms with E-state index < -0.39 is 18.0 Å². The monoisotopic (exact) mass is 348 g/mol. The number of esters is 1. The van der Waals surface area contributed by atoms with Crippen LogP contribution < -0.4 is 4.74 Å². The van der Waals surface area contributed by atoms with Crippen LogP contribution in [0.25, 0.3) is 0 Å². The molecular formula is C12H13IO4. The van der Waals surface area contributed by atoms with Crippen LogP contribution >= 0.6 is 22.6 Å². The van der Waals surface area contributed by atoms with E-state index in [-0.39, 0.29) is 0 Å². The standard InChI is InChI=1S/C12H13IO4/c1-16-12(15)8-5-6-17-11-7(10(8)14)3-2-4-9(11)13/h2-4,8,10,14H,5-6H2,1H3. The molecule has 1 N–H and O–H groups in total.